The Hall–Kier alpha value is -3.01. The summed E-state index contributed by atoms with van der Waals surface area (Å²) >= 11 is 0.756. The van der Waals surface area contributed by atoms with Crippen LogP contribution in [0.5, 0.6) is 0 Å². The third-order valence-electron chi connectivity index (χ3n) is 2.92. The fourth-order valence-corrected chi connectivity index (χ4v) is 2.67. The Morgan fingerprint density at radius 3 is 2.61 bits per heavy atom. The van der Waals surface area contributed by atoms with E-state index in [4.69, 9.17) is 16.6 Å². The van der Waals surface area contributed by atoms with Crippen LogP contribution in [0.25, 0.3) is 0 Å². The first-order chi connectivity index (χ1) is 10.9. The maximum Gasteiger partial charge on any atom is 0.357 e. The molecule has 0 fully saturated rings. The maximum absolute atomic E-state index is 12.6. The second-order valence-corrected chi connectivity index (χ2v) is 5.35. The van der Waals surface area contributed by atoms with Gasteiger partial charge in [0.25, 0.3) is 0 Å². The van der Waals surface area contributed by atoms with Crippen LogP contribution in [0, 0.1) is 0 Å². The molecule has 0 aromatic carbocycles. The topological polar surface area (TPSA) is 152 Å². The van der Waals surface area contributed by atoms with Crippen molar-refractivity contribution in [1.29, 1.82) is 0 Å². The summed E-state index contributed by atoms with van der Waals surface area (Å²) in [7, 11) is 0. The lowest BCUT2D eigenvalue weighted by Gasteiger charge is -2.19. The summed E-state index contributed by atoms with van der Waals surface area (Å²) in [6.07, 6.45) is 1.41. The summed E-state index contributed by atoms with van der Waals surface area (Å²) in [5.74, 6) is -1.83. The molecule has 0 saturated carbocycles. The highest BCUT2D eigenvalue weighted by molar-refractivity contribution is 7.17. The largest absolute Gasteiger partial charge is 0.476 e. The summed E-state index contributed by atoms with van der Waals surface area (Å²) in [5.41, 5.74) is 10.5. The molecule has 2 rings (SSSR count). The van der Waals surface area contributed by atoms with Crippen LogP contribution >= 0.6 is 11.3 Å². The zero-order chi connectivity index (χ0) is 17.1. The number of primary amides is 1. The number of aromatic carboxylic acids is 1. The van der Waals surface area contributed by atoms with Crippen molar-refractivity contribution in [3.8, 4) is 0 Å². The summed E-state index contributed by atoms with van der Waals surface area (Å²) in [6, 6.07) is 2.21. The molecule has 0 bridgehead atoms. The third kappa shape index (κ3) is 3.11. The van der Waals surface area contributed by atoms with E-state index in [0.717, 1.165) is 16.2 Å². The first-order valence-electron chi connectivity index (χ1n) is 6.43. The lowest BCUT2D eigenvalue weighted by atomic mass is 10.1. The molecule has 2 heterocycles. The molecule has 120 valence electrons. The Bertz CT molecular complexity index is 788. The van der Waals surface area contributed by atoms with Gasteiger partial charge in [0.2, 0.25) is 5.78 Å². The number of hydrogen-bond donors (Lipinski definition) is 3. The summed E-state index contributed by atoms with van der Waals surface area (Å²) < 4.78 is 0. The van der Waals surface area contributed by atoms with E-state index in [1.165, 1.54) is 18.3 Å². The minimum atomic E-state index is -1.32. The van der Waals surface area contributed by atoms with E-state index < -0.39 is 17.8 Å². The van der Waals surface area contributed by atoms with Gasteiger partial charge in [-0.05, 0) is 19.1 Å². The van der Waals surface area contributed by atoms with Gasteiger partial charge in [-0.15, -0.1) is 0 Å². The smallest absolute Gasteiger partial charge is 0.357 e. The van der Waals surface area contributed by atoms with Crippen molar-refractivity contribution in [1.82, 2.24) is 9.97 Å². The molecular formula is C13H13N5O4S. The molecule has 9 nitrogen and oxygen atoms in total. The molecule has 0 radical (unpaired) electrons. The van der Waals surface area contributed by atoms with Crippen molar-refractivity contribution in [2.24, 2.45) is 5.73 Å². The standard InChI is InChI=1S/C13H13N5O4S/c1-2-18(13(15)22)10-6(4-3-5-16-10)8(19)11-17-7(12(20)21)9(14)23-11/h3-5H,2,14H2,1H3,(H2,15,22)(H,20,21). The van der Waals surface area contributed by atoms with Crippen LogP contribution < -0.4 is 16.4 Å². The number of carbonyl (C=O) groups excluding carboxylic acids is 2. The molecule has 0 aliphatic heterocycles. The SMILES string of the molecule is CCN(C(N)=O)c1ncccc1C(=O)c1nc(C(=O)O)c(N)s1. The number of aromatic nitrogens is 2. The zero-order valence-electron chi connectivity index (χ0n) is 12.0. The monoisotopic (exact) mass is 335 g/mol. The number of rotatable bonds is 5. The molecule has 0 spiro atoms. The van der Waals surface area contributed by atoms with Crippen LogP contribution in [-0.4, -0.2) is 39.4 Å². The van der Waals surface area contributed by atoms with Crippen LogP contribution in [0.4, 0.5) is 15.6 Å². The predicted molar refractivity (Wildman–Crippen MR) is 83.8 cm³/mol. The average Bonchev–Trinajstić information content (AvgIpc) is 2.89. The molecule has 2 amide bonds. The van der Waals surface area contributed by atoms with Gasteiger partial charge in [-0.3, -0.25) is 9.69 Å². The minimum absolute atomic E-state index is 0.0754. The Morgan fingerprint density at radius 2 is 2.09 bits per heavy atom. The number of amides is 2. The minimum Gasteiger partial charge on any atom is -0.476 e. The number of hydrogen-bond acceptors (Lipinski definition) is 7. The number of nitrogen functional groups attached to an aromatic ring is 1. The summed E-state index contributed by atoms with van der Waals surface area (Å²) in [4.78, 5) is 43.9. The Labute approximate surface area is 134 Å². The number of pyridine rings is 1. The molecule has 2 aromatic rings. The molecule has 0 aliphatic rings. The number of urea groups is 1. The number of carbonyl (C=O) groups is 3. The summed E-state index contributed by atoms with van der Waals surface area (Å²) in [6.45, 7) is 1.89. The van der Waals surface area contributed by atoms with Gasteiger partial charge in [-0.2, -0.15) is 0 Å². The van der Waals surface area contributed by atoms with Gasteiger partial charge < -0.3 is 16.6 Å². The van der Waals surface area contributed by atoms with Gasteiger partial charge >= 0.3 is 12.0 Å². The van der Waals surface area contributed by atoms with Crippen LogP contribution in [0.2, 0.25) is 0 Å². The number of nitrogens with zero attached hydrogens (tertiary/aromatic N) is 3. The second-order valence-electron chi connectivity index (χ2n) is 4.32. The quantitative estimate of drug-likeness (QED) is 0.688. The molecule has 23 heavy (non-hydrogen) atoms. The van der Waals surface area contributed by atoms with Crippen molar-refractivity contribution in [3.05, 3.63) is 34.6 Å². The van der Waals surface area contributed by atoms with Crippen molar-refractivity contribution in [3.63, 3.8) is 0 Å². The first-order valence-corrected chi connectivity index (χ1v) is 7.24. The van der Waals surface area contributed by atoms with Gasteiger partial charge in [0, 0.05) is 12.7 Å². The number of anilines is 2. The third-order valence-corrected chi connectivity index (χ3v) is 3.80. The molecule has 0 saturated heterocycles. The fourth-order valence-electron chi connectivity index (χ4n) is 1.90. The molecule has 2 aromatic heterocycles. The fraction of sp³-hybridized carbons (Fsp3) is 0.154. The lowest BCUT2D eigenvalue weighted by molar-refractivity contribution is 0.0692. The Morgan fingerprint density at radius 1 is 1.39 bits per heavy atom. The molecular weight excluding hydrogens is 322 g/mol. The predicted octanol–water partition coefficient (Wildman–Crippen LogP) is 0.954. The van der Waals surface area contributed by atoms with Gasteiger partial charge in [-0.25, -0.2) is 19.6 Å². The molecule has 0 unspecified atom stereocenters. The number of carboxylic acid groups (broad SMARTS) is 1. The van der Waals surface area contributed by atoms with Crippen molar-refractivity contribution >= 4 is 39.9 Å². The van der Waals surface area contributed by atoms with Gasteiger partial charge in [0.15, 0.2) is 10.7 Å². The highest BCUT2D eigenvalue weighted by Crippen LogP contribution is 2.26. The second kappa shape index (κ2) is 6.40. The highest BCUT2D eigenvalue weighted by atomic mass is 32.1. The Balaban J connectivity index is 2.50. The normalized spacial score (nSPS) is 10.3. The van der Waals surface area contributed by atoms with E-state index in [0.29, 0.717) is 0 Å². The molecule has 10 heteroatoms. The molecule has 5 N–H and O–H groups in total. The number of thiazole rings is 1. The average molecular weight is 335 g/mol. The summed E-state index contributed by atoms with van der Waals surface area (Å²) in [5, 5.41) is 8.78. The van der Waals surface area contributed by atoms with E-state index in [1.807, 2.05) is 0 Å². The van der Waals surface area contributed by atoms with Gasteiger partial charge in [-0.1, -0.05) is 11.3 Å². The van der Waals surface area contributed by atoms with E-state index in [2.05, 4.69) is 9.97 Å². The number of nitrogens with two attached hydrogens (primary N) is 2. The van der Waals surface area contributed by atoms with E-state index in [1.54, 1.807) is 6.92 Å². The maximum atomic E-state index is 12.6. The van der Waals surface area contributed by atoms with Crippen LogP contribution in [-0.2, 0) is 0 Å². The highest BCUT2D eigenvalue weighted by Gasteiger charge is 2.25. The van der Waals surface area contributed by atoms with Crippen LogP contribution in [0.3, 0.4) is 0 Å². The molecule has 0 aliphatic carbocycles. The van der Waals surface area contributed by atoms with E-state index in [-0.39, 0.29) is 33.6 Å². The number of carboxylic acids is 1. The van der Waals surface area contributed by atoms with E-state index in [9.17, 15) is 14.4 Å². The molecule has 0 atom stereocenters. The van der Waals surface area contributed by atoms with Crippen molar-refractivity contribution < 1.29 is 19.5 Å². The Kier molecular flexibility index (Phi) is 4.55. The van der Waals surface area contributed by atoms with Gasteiger partial charge in [0.05, 0.1) is 5.56 Å². The van der Waals surface area contributed by atoms with Crippen molar-refractivity contribution in [2.45, 2.75) is 6.92 Å². The van der Waals surface area contributed by atoms with Gasteiger partial charge in [0.1, 0.15) is 10.8 Å². The van der Waals surface area contributed by atoms with E-state index >= 15 is 0 Å². The zero-order valence-corrected chi connectivity index (χ0v) is 12.8. The lowest BCUT2D eigenvalue weighted by Crippen LogP contribution is -2.37. The van der Waals surface area contributed by atoms with Crippen molar-refractivity contribution in [2.75, 3.05) is 17.2 Å². The van der Waals surface area contributed by atoms with Crippen LogP contribution in [0.1, 0.15) is 32.8 Å². The van der Waals surface area contributed by atoms with Crippen LogP contribution in [0.15, 0.2) is 18.3 Å². The number of ketones is 1. The first kappa shape index (κ1) is 16.4.